The Labute approximate surface area is 191 Å². The molecule has 0 saturated carbocycles. The van der Waals surface area contributed by atoms with Gasteiger partial charge in [0.05, 0.1) is 0 Å². The number of carbonyl (C=O) groups excluding carboxylic acids is 2. The molecule has 0 bridgehead atoms. The van der Waals surface area contributed by atoms with Gasteiger partial charge in [-0.1, -0.05) is 30.3 Å². The van der Waals surface area contributed by atoms with Crippen LogP contribution in [0.4, 0.5) is 10.9 Å². The van der Waals surface area contributed by atoms with Crippen molar-refractivity contribution in [3.63, 3.8) is 0 Å². The standard InChI is InChI=1S/C19H27N7O4S2/c1-13(17(20)27)22-16-12-31-19(23-16)24-18(28)15(11-14-5-3-2-4-6-14)25-32(29,30)26-9-7-21-8-10-26/h2-6,12-13,15,21-22,25H,7-11H2,1H3,(H2,20,27)(H,23,24,28)/t13-,15-/m0/s1. The Balaban J connectivity index is 1.73. The lowest BCUT2D eigenvalue weighted by atomic mass is 10.1. The molecule has 2 amide bonds. The predicted molar refractivity (Wildman–Crippen MR) is 123 cm³/mol. The number of benzene rings is 1. The smallest absolute Gasteiger partial charge is 0.280 e. The number of carbonyl (C=O) groups is 2. The van der Waals surface area contributed by atoms with Crippen LogP contribution in [-0.2, 0) is 26.2 Å². The maximum atomic E-state index is 13.0. The van der Waals surface area contributed by atoms with Crippen LogP contribution in [0.2, 0.25) is 0 Å². The summed E-state index contributed by atoms with van der Waals surface area (Å²) in [5, 5.41) is 10.5. The van der Waals surface area contributed by atoms with E-state index in [4.69, 9.17) is 5.73 Å². The number of anilines is 2. The summed E-state index contributed by atoms with van der Waals surface area (Å²) in [6.07, 6.45) is 0.174. The first-order valence-electron chi connectivity index (χ1n) is 10.1. The van der Waals surface area contributed by atoms with Crippen molar-refractivity contribution in [2.45, 2.75) is 25.4 Å². The molecule has 3 rings (SSSR count). The molecular formula is C19H27N7O4S2. The summed E-state index contributed by atoms with van der Waals surface area (Å²) >= 11 is 1.15. The van der Waals surface area contributed by atoms with E-state index in [1.54, 1.807) is 12.3 Å². The van der Waals surface area contributed by atoms with Crippen molar-refractivity contribution >= 4 is 44.3 Å². The van der Waals surface area contributed by atoms with Gasteiger partial charge in [-0.3, -0.25) is 9.59 Å². The predicted octanol–water partition coefficient (Wildman–Crippen LogP) is -0.282. The van der Waals surface area contributed by atoms with Gasteiger partial charge in [0, 0.05) is 31.6 Å². The Kier molecular flexibility index (Phi) is 8.15. The first kappa shape index (κ1) is 24.1. The minimum absolute atomic E-state index is 0.174. The number of primary amides is 1. The highest BCUT2D eigenvalue weighted by Crippen LogP contribution is 2.20. The summed E-state index contributed by atoms with van der Waals surface area (Å²) in [5.41, 5.74) is 6.05. The van der Waals surface area contributed by atoms with E-state index < -0.39 is 34.1 Å². The van der Waals surface area contributed by atoms with E-state index in [0.29, 0.717) is 32.0 Å². The van der Waals surface area contributed by atoms with Crippen molar-refractivity contribution in [1.82, 2.24) is 19.3 Å². The van der Waals surface area contributed by atoms with Gasteiger partial charge >= 0.3 is 0 Å². The Morgan fingerprint density at radius 1 is 1.25 bits per heavy atom. The highest BCUT2D eigenvalue weighted by Gasteiger charge is 2.30. The second kappa shape index (κ2) is 10.8. The van der Waals surface area contributed by atoms with Crippen molar-refractivity contribution in [3.8, 4) is 0 Å². The molecule has 0 spiro atoms. The van der Waals surface area contributed by atoms with E-state index in [1.807, 2.05) is 30.3 Å². The van der Waals surface area contributed by atoms with Gasteiger partial charge in [-0.15, -0.1) is 11.3 Å². The lowest BCUT2D eigenvalue weighted by Crippen LogP contribution is -2.55. The third kappa shape index (κ3) is 6.71. The van der Waals surface area contributed by atoms with E-state index in [-0.39, 0.29) is 11.6 Å². The fourth-order valence-corrected chi connectivity index (χ4v) is 5.08. The van der Waals surface area contributed by atoms with Crippen LogP contribution in [0.15, 0.2) is 35.7 Å². The quantitative estimate of drug-likeness (QED) is 0.312. The molecule has 1 aromatic carbocycles. The molecule has 1 aliphatic heterocycles. The zero-order valence-electron chi connectivity index (χ0n) is 17.6. The van der Waals surface area contributed by atoms with Crippen LogP contribution in [-0.4, -0.2) is 67.8 Å². The van der Waals surface area contributed by atoms with Crippen molar-refractivity contribution < 1.29 is 18.0 Å². The molecule has 0 unspecified atom stereocenters. The van der Waals surface area contributed by atoms with Crippen molar-refractivity contribution in [2.75, 3.05) is 36.8 Å². The molecule has 1 aliphatic rings. The molecule has 2 aromatic rings. The molecule has 13 heteroatoms. The van der Waals surface area contributed by atoms with Crippen LogP contribution in [0.1, 0.15) is 12.5 Å². The number of hydrogen-bond acceptors (Lipinski definition) is 8. The molecule has 1 saturated heterocycles. The van der Waals surface area contributed by atoms with Crippen LogP contribution >= 0.6 is 11.3 Å². The van der Waals surface area contributed by atoms with Gasteiger partial charge in [-0.2, -0.15) is 17.4 Å². The first-order chi connectivity index (χ1) is 15.2. The second-order valence-corrected chi connectivity index (χ2v) is 9.87. The van der Waals surface area contributed by atoms with Crippen LogP contribution < -0.4 is 26.4 Å². The number of nitrogens with two attached hydrogens (primary N) is 1. The average Bonchev–Trinajstić information content (AvgIpc) is 3.21. The number of nitrogens with zero attached hydrogens (tertiary/aromatic N) is 2. The number of nitrogens with one attached hydrogen (secondary N) is 4. The third-order valence-electron chi connectivity index (χ3n) is 4.83. The second-order valence-electron chi connectivity index (χ2n) is 7.31. The highest BCUT2D eigenvalue weighted by atomic mass is 32.2. The van der Waals surface area contributed by atoms with Crippen LogP contribution in [0, 0.1) is 0 Å². The van der Waals surface area contributed by atoms with Crippen molar-refractivity contribution in [2.24, 2.45) is 5.73 Å². The molecule has 1 fully saturated rings. The van der Waals surface area contributed by atoms with E-state index >= 15 is 0 Å². The summed E-state index contributed by atoms with van der Waals surface area (Å²) in [7, 11) is -3.86. The van der Waals surface area contributed by atoms with Gasteiger partial charge in [-0.25, -0.2) is 4.98 Å². The minimum atomic E-state index is -3.86. The van der Waals surface area contributed by atoms with Crippen LogP contribution in [0.3, 0.4) is 0 Å². The summed E-state index contributed by atoms with van der Waals surface area (Å²) in [5.74, 6) is -0.678. The lowest BCUT2D eigenvalue weighted by Gasteiger charge is -2.28. The Morgan fingerprint density at radius 3 is 2.59 bits per heavy atom. The third-order valence-corrected chi connectivity index (χ3v) is 7.22. The van der Waals surface area contributed by atoms with E-state index in [9.17, 15) is 18.0 Å². The number of thiazole rings is 1. The van der Waals surface area contributed by atoms with E-state index in [0.717, 1.165) is 16.9 Å². The summed E-state index contributed by atoms with van der Waals surface area (Å²) < 4.78 is 29.6. The Bertz CT molecular complexity index is 1020. The number of aromatic nitrogens is 1. The van der Waals surface area contributed by atoms with Crippen molar-refractivity contribution in [3.05, 3.63) is 41.3 Å². The molecule has 0 radical (unpaired) electrons. The van der Waals surface area contributed by atoms with E-state index in [2.05, 4.69) is 25.7 Å². The van der Waals surface area contributed by atoms with Gasteiger partial charge in [0.1, 0.15) is 17.9 Å². The highest BCUT2D eigenvalue weighted by molar-refractivity contribution is 7.87. The molecule has 2 heterocycles. The van der Waals surface area contributed by atoms with Gasteiger partial charge in [0.25, 0.3) is 10.2 Å². The Morgan fingerprint density at radius 2 is 1.94 bits per heavy atom. The largest absolute Gasteiger partial charge is 0.368 e. The fourth-order valence-electron chi connectivity index (χ4n) is 3.06. The number of amides is 2. The van der Waals surface area contributed by atoms with E-state index in [1.165, 1.54) is 4.31 Å². The molecule has 11 nitrogen and oxygen atoms in total. The maximum Gasteiger partial charge on any atom is 0.280 e. The number of hydrogen-bond donors (Lipinski definition) is 5. The zero-order valence-corrected chi connectivity index (χ0v) is 19.2. The molecule has 32 heavy (non-hydrogen) atoms. The molecule has 174 valence electrons. The topological polar surface area (TPSA) is 159 Å². The lowest BCUT2D eigenvalue weighted by molar-refractivity contribution is -0.118. The fraction of sp³-hybridized carbons (Fsp3) is 0.421. The normalized spacial score (nSPS) is 16.8. The summed E-state index contributed by atoms with van der Waals surface area (Å²) in [6.45, 7) is 3.36. The summed E-state index contributed by atoms with van der Waals surface area (Å²) in [4.78, 5) is 28.4. The zero-order chi connectivity index (χ0) is 23.1. The monoisotopic (exact) mass is 481 g/mol. The molecular weight excluding hydrogens is 454 g/mol. The summed E-state index contributed by atoms with van der Waals surface area (Å²) in [6, 6.07) is 7.49. The maximum absolute atomic E-state index is 13.0. The molecule has 1 aromatic heterocycles. The number of rotatable bonds is 10. The SMILES string of the molecule is C[C@H](Nc1csc(NC(=O)[C@H](Cc2ccccc2)NS(=O)(=O)N2CCNCC2)n1)C(N)=O. The molecule has 6 N–H and O–H groups in total. The number of piperazine rings is 1. The van der Waals surface area contributed by atoms with Crippen molar-refractivity contribution in [1.29, 1.82) is 0 Å². The minimum Gasteiger partial charge on any atom is -0.368 e. The first-order valence-corrected chi connectivity index (χ1v) is 12.4. The molecule has 0 aliphatic carbocycles. The van der Waals surface area contributed by atoms with Gasteiger partial charge in [-0.05, 0) is 18.9 Å². The van der Waals surface area contributed by atoms with Gasteiger partial charge < -0.3 is 21.7 Å². The average molecular weight is 482 g/mol. The van der Waals surface area contributed by atoms with Gasteiger partial charge in [0.2, 0.25) is 11.8 Å². The van der Waals surface area contributed by atoms with Gasteiger partial charge in [0.15, 0.2) is 5.13 Å². The molecule has 2 atom stereocenters. The Hall–Kier alpha value is -2.58. The van der Waals surface area contributed by atoms with Crippen LogP contribution in [0.5, 0.6) is 0 Å². The van der Waals surface area contributed by atoms with Crippen LogP contribution in [0.25, 0.3) is 0 Å².